The van der Waals surface area contributed by atoms with Crippen molar-refractivity contribution in [2.45, 2.75) is 13.0 Å². The van der Waals surface area contributed by atoms with E-state index in [1.807, 2.05) is 43.3 Å². The largest absolute Gasteiger partial charge is 0.449 e. The third-order valence-electron chi connectivity index (χ3n) is 4.90. The molecule has 1 atom stereocenters. The first-order valence-corrected chi connectivity index (χ1v) is 9.26. The number of esters is 1. The zero-order valence-corrected chi connectivity index (χ0v) is 15.6. The van der Waals surface area contributed by atoms with Crippen LogP contribution in [0.15, 0.2) is 59.0 Å². The monoisotopic (exact) mass is 379 g/mol. The average Bonchev–Trinajstić information content (AvgIpc) is 3.09. The van der Waals surface area contributed by atoms with E-state index in [2.05, 4.69) is 0 Å². The highest BCUT2D eigenvalue weighted by atomic mass is 16.6. The van der Waals surface area contributed by atoms with Gasteiger partial charge in [-0.2, -0.15) is 0 Å². The van der Waals surface area contributed by atoms with Gasteiger partial charge in [0.25, 0.3) is 5.91 Å². The molecular formula is C22H21NO5. The average molecular weight is 379 g/mol. The second kappa shape index (κ2) is 7.86. The van der Waals surface area contributed by atoms with Crippen molar-refractivity contribution in [3.05, 3.63) is 71.5 Å². The summed E-state index contributed by atoms with van der Waals surface area (Å²) in [6, 6.07) is 16.5. The Labute approximate surface area is 162 Å². The highest BCUT2D eigenvalue weighted by Gasteiger charge is 2.32. The van der Waals surface area contributed by atoms with Crippen LogP contribution in [-0.2, 0) is 14.3 Å². The van der Waals surface area contributed by atoms with Crippen LogP contribution in [0.2, 0.25) is 0 Å². The first-order valence-electron chi connectivity index (χ1n) is 9.26. The molecular weight excluding hydrogens is 358 g/mol. The minimum absolute atomic E-state index is 0.122. The Hall–Kier alpha value is -3.12. The highest BCUT2D eigenvalue weighted by molar-refractivity contribution is 5.97. The fourth-order valence-corrected chi connectivity index (χ4v) is 3.37. The summed E-state index contributed by atoms with van der Waals surface area (Å²) in [7, 11) is 0. The molecule has 1 fully saturated rings. The number of hydrogen-bond donors (Lipinski definition) is 0. The lowest BCUT2D eigenvalue weighted by Crippen LogP contribution is -2.44. The first-order chi connectivity index (χ1) is 13.6. The van der Waals surface area contributed by atoms with Gasteiger partial charge in [-0.3, -0.25) is 4.79 Å². The molecule has 0 radical (unpaired) electrons. The Morgan fingerprint density at radius 2 is 1.68 bits per heavy atom. The van der Waals surface area contributed by atoms with Gasteiger partial charge < -0.3 is 18.8 Å². The zero-order chi connectivity index (χ0) is 19.5. The molecule has 1 aliphatic rings. The molecule has 1 amide bonds. The van der Waals surface area contributed by atoms with Crippen molar-refractivity contribution < 1.29 is 23.5 Å². The number of carbonyl (C=O) groups is 2. The van der Waals surface area contributed by atoms with Gasteiger partial charge in [-0.1, -0.05) is 48.5 Å². The van der Waals surface area contributed by atoms with Crippen molar-refractivity contribution in [1.82, 2.24) is 4.90 Å². The van der Waals surface area contributed by atoms with Crippen LogP contribution in [0.1, 0.15) is 27.8 Å². The standard InChI is InChI=1S/C22H21NO5/c1-15-17-9-5-6-10-18(17)27-19(15)22(25)28-20(16-7-3-2-4-8-16)21(24)23-11-13-26-14-12-23/h2-10,20H,11-14H2,1H3/t20-/m0/s1. The summed E-state index contributed by atoms with van der Waals surface area (Å²) in [6.45, 7) is 3.71. The van der Waals surface area contributed by atoms with Crippen molar-refractivity contribution in [3.63, 3.8) is 0 Å². The number of ether oxygens (including phenoxy) is 2. The van der Waals surface area contributed by atoms with Gasteiger partial charge in [-0.15, -0.1) is 0 Å². The minimum Gasteiger partial charge on any atom is -0.449 e. The molecule has 2 aromatic carbocycles. The molecule has 4 rings (SSSR count). The molecule has 0 unspecified atom stereocenters. The molecule has 0 bridgehead atoms. The van der Waals surface area contributed by atoms with Crippen molar-refractivity contribution in [2.75, 3.05) is 26.3 Å². The summed E-state index contributed by atoms with van der Waals surface area (Å²) >= 11 is 0. The number of morpholine rings is 1. The van der Waals surface area contributed by atoms with Crippen LogP contribution in [0.3, 0.4) is 0 Å². The van der Waals surface area contributed by atoms with Crippen LogP contribution >= 0.6 is 0 Å². The van der Waals surface area contributed by atoms with Gasteiger partial charge in [0, 0.05) is 29.6 Å². The maximum atomic E-state index is 13.1. The van der Waals surface area contributed by atoms with Crippen LogP contribution in [0.4, 0.5) is 0 Å². The second-order valence-electron chi connectivity index (χ2n) is 6.69. The first kappa shape index (κ1) is 18.3. The molecule has 2 heterocycles. The molecule has 0 N–H and O–H groups in total. The molecule has 3 aromatic rings. The number of fused-ring (bicyclic) bond motifs is 1. The van der Waals surface area contributed by atoms with Gasteiger partial charge in [0.1, 0.15) is 5.58 Å². The number of hydrogen-bond acceptors (Lipinski definition) is 5. The van der Waals surface area contributed by atoms with Crippen molar-refractivity contribution in [3.8, 4) is 0 Å². The van der Waals surface area contributed by atoms with E-state index in [-0.39, 0.29) is 11.7 Å². The Morgan fingerprint density at radius 1 is 1.00 bits per heavy atom. The Bertz CT molecular complexity index is 989. The number of aryl methyl sites for hydroxylation is 1. The van der Waals surface area contributed by atoms with E-state index in [9.17, 15) is 9.59 Å². The Kier molecular flexibility index (Phi) is 5.12. The lowest BCUT2D eigenvalue weighted by Gasteiger charge is -2.30. The van der Waals surface area contributed by atoms with Crippen LogP contribution in [0.25, 0.3) is 11.0 Å². The summed E-state index contributed by atoms with van der Waals surface area (Å²) < 4.78 is 16.7. The van der Waals surface area contributed by atoms with E-state index in [0.717, 1.165) is 5.39 Å². The topological polar surface area (TPSA) is 69.0 Å². The maximum Gasteiger partial charge on any atom is 0.375 e. The Morgan fingerprint density at radius 3 is 2.39 bits per heavy atom. The number of para-hydroxylation sites is 1. The fourth-order valence-electron chi connectivity index (χ4n) is 3.37. The van der Waals surface area contributed by atoms with E-state index in [1.165, 1.54) is 0 Å². The number of benzene rings is 2. The van der Waals surface area contributed by atoms with Gasteiger partial charge in [-0.25, -0.2) is 4.79 Å². The third-order valence-corrected chi connectivity index (χ3v) is 4.90. The van der Waals surface area contributed by atoms with Gasteiger partial charge in [0.15, 0.2) is 0 Å². The van der Waals surface area contributed by atoms with Gasteiger partial charge >= 0.3 is 5.97 Å². The van der Waals surface area contributed by atoms with E-state index < -0.39 is 12.1 Å². The molecule has 28 heavy (non-hydrogen) atoms. The molecule has 0 aliphatic carbocycles. The molecule has 6 nitrogen and oxygen atoms in total. The third kappa shape index (κ3) is 3.51. The normalized spacial score (nSPS) is 15.4. The molecule has 0 saturated carbocycles. The van der Waals surface area contributed by atoms with E-state index in [1.54, 1.807) is 23.1 Å². The zero-order valence-electron chi connectivity index (χ0n) is 15.6. The van der Waals surface area contributed by atoms with E-state index in [0.29, 0.717) is 43.0 Å². The number of amides is 1. The molecule has 1 aromatic heterocycles. The lowest BCUT2D eigenvalue weighted by atomic mass is 10.1. The van der Waals surface area contributed by atoms with E-state index >= 15 is 0 Å². The van der Waals surface area contributed by atoms with Crippen molar-refractivity contribution in [1.29, 1.82) is 0 Å². The quantitative estimate of drug-likeness (QED) is 0.649. The summed E-state index contributed by atoms with van der Waals surface area (Å²) in [5, 5.41) is 0.852. The summed E-state index contributed by atoms with van der Waals surface area (Å²) in [5.74, 6) is -0.780. The molecule has 144 valence electrons. The number of nitrogens with zero attached hydrogens (tertiary/aromatic N) is 1. The smallest absolute Gasteiger partial charge is 0.375 e. The molecule has 1 aliphatic heterocycles. The van der Waals surface area contributed by atoms with Crippen molar-refractivity contribution >= 4 is 22.8 Å². The van der Waals surface area contributed by atoms with Crippen LogP contribution in [0.5, 0.6) is 0 Å². The fraction of sp³-hybridized carbons (Fsp3) is 0.273. The number of rotatable bonds is 4. The summed E-state index contributed by atoms with van der Waals surface area (Å²) in [5.41, 5.74) is 1.94. The molecule has 6 heteroatoms. The van der Waals surface area contributed by atoms with Gasteiger partial charge in [0.2, 0.25) is 11.9 Å². The molecule has 0 spiro atoms. The highest BCUT2D eigenvalue weighted by Crippen LogP contribution is 2.28. The van der Waals surface area contributed by atoms with Crippen LogP contribution < -0.4 is 0 Å². The second-order valence-corrected chi connectivity index (χ2v) is 6.69. The van der Waals surface area contributed by atoms with E-state index in [4.69, 9.17) is 13.9 Å². The predicted octanol–water partition coefficient (Wildman–Crippen LogP) is 3.50. The lowest BCUT2D eigenvalue weighted by molar-refractivity contribution is -0.145. The Balaban J connectivity index is 1.63. The minimum atomic E-state index is -1.03. The van der Waals surface area contributed by atoms with Crippen LogP contribution in [-0.4, -0.2) is 43.1 Å². The maximum absolute atomic E-state index is 13.1. The number of carbonyl (C=O) groups excluding carboxylic acids is 2. The predicted molar refractivity (Wildman–Crippen MR) is 103 cm³/mol. The SMILES string of the molecule is Cc1c(C(=O)O[C@H](C(=O)N2CCOCC2)c2ccccc2)oc2ccccc12. The summed E-state index contributed by atoms with van der Waals surface area (Å²) in [6.07, 6.45) is -1.03. The number of furan rings is 1. The van der Waals surface area contributed by atoms with Gasteiger partial charge in [0.05, 0.1) is 13.2 Å². The summed E-state index contributed by atoms with van der Waals surface area (Å²) in [4.78, 5) is 27.6. The van der Waals surface area contributed by atoms with Crippen molar-refractivity contribution in [2.24, 2.45) is 0 Å². The molecule has 1 saturated heterocycles. The van der Waals surface area contributed by atoms with Crippen LogP contribution in [0, 0.1) is 6.92 Å². The van der Waals surface area contributed by atoms with Gasteiger partial charge in [-0.05, 0) is 13.0 Å².